The predicted octanol–water partition coefficient (Wildman–Crippen LogP) is 1.42. The van der Waals surface area contributed by atoms with Crippen LogP contribution in [0.5, 0.6) is 0 Å². The van der Waals surface area contributed by atoms with Gasteiger partial charge in [0.2, 0.25) is 0 Å². The molecule has 1 N–H and O–H groups in total. The number of likely N-dealkylation sites (tertiary alicyclic amines) is 1. The van der Waals surface area contributed by atoms with Crippen LogP contribution in [0.15, 0.2) is 11.6 Å². The van der Waals surface area contributed by atoms with E-state index in [9.17, 15) is 0 Å². The molecule has 0 aliphatic carbocycles. The van der Waals surface area contributed by atoms with Gasteiger partial charge in [-0.25, -0.2) is 0 Å². The number of likely N-dealkylation sites (N-methyl/N-ethyl adjacent to an activating group) is 1. The predicted molar refractivity (Wildman–Crippen MR) is 53.5 cm³/mol. The first-order chi connectivity index (χ1) is 5.72. The zero-order valence-corrected chi connectivity index (χ0v) is 8.40. The molecule has 1 aliphatic rings. The van der Waals surface area contributed by atoms with Crippen LogP contribution in [0.1, 0.15) is 12.8 Å². The van der Waals surface area contributed by atoms with E-state index in [1.54, 1.807) is 0 Å². The average Bonchev–Trinajstić information content (AvgIpc) is 2.03. The highest BCUT2D eigenvalue weighted by Crippen LogP contribution is 2.11. The standard InChI is InChI=1S/C9H17ClN2/c1-8(10)6-12-5-3-4-9(7-12)11-2/h9,11H,1,3-7H2,2H3. The van der Waals surface area contributed by atoms with Gasteiger partial charge in [-0.15, -0.1) is 0 Å². The Hall–Kier alpha value is -0.0500. The largest absolute Gasteiger partial charge is 0.316 e. The Morgan fingerprint density at radius 3 is 3.08 bits per heavy atom. The molecule has 0 bridgehead atoms. The Morgan fingerprint density at radius 1 is 1.75 bits per heavy atom. The van der Waals surface area contributed by atoms with Crippen molar-refractivity contribution in [3.63, 3.8) is 0 Å². The molecule has 70 valence electrons. The molecule has 1 rings (SSSR count). The fourth-order valence-electron chi connectivity index (χ4n) is 1.68. The van der Waals surface area contributed by atoms with Crippen LogP contribution in [0, 0.1) is 0 Å². The lowest BCUT2D eigenvalue weighted by Gasteiger charge is -2.32. The maximum absolute atomic E-state index is 5.75. The van der Waals surface area contributed by atoms with E-state index in [0.717, 1.165) is 24.7 Å². The van der Waals surface area contributed by atoms with Crippen molar-refractivity contribution in [3.05, 3.63) is 11.6 Å². The van der Waals surface area contributed by atoms with Crippen molar-refractivity contribution < 1.29 is 0 Å². The third kappa shape index (κ3) is 3.13. The Morgan fingerprint density at radius 2 is 2.50 bits per heavy atom. The molecule has 0 aromatic carbocycles. The molecule has 1 unspecified atom stereocenters. The highest BCUT2D eigenvalue weighted by molar-refractivity contribution is 6.29. The number of rotatable bonds is 3. The van der Waals surface area contributed by atoms with Gasteiger partial charge in [0.15, 0.2) is 0 Å². The van der Waals surface area contributed by atoms with E-state index in [1.165, 1.54) is 12.8 Å². The molecule has 1 heterocycles. The summed E-state index contributed by atoms with van der Waals surface area (Å²) in [6.07, 6.45) is 2.54. The van der Waals surface area contributed by atoms with Gasteiger partial charge in [-0.3, -0.25) is 4.90 Å². The smallest absolute Gasteiger partial charge is 0.0336 e. The van der Waals surface area contributed by atoms with Crippen molar-refractivity contribution in [2.45, 2.75) is 18.9 Å². The molecule has 0 spiro atoms. The molecule has 1 atom stereocenters. The molecule has 1 aliphatic heterocycles. The summed E-state index contributed by atoms with van der Waals surface area (Å²) in [5, 5.41) is 4.04. The summed E-state index contributed by atoms with van der Waals surface area (Å²) in [4.78, 5) is 2.35. The van der Waals surface area contributed by atoms with E-state index in [-0.39, 0.29) is 0 Å². The number of piperidine rings is 1. The third-order valence-corrected chi connectivity index (χ3v) is 2.43. The van der Waals surface area contributed by atoms with Gasteiger partial charge in [0, 0.05) is 24.2 Å². The summed E-state index contributed by atoms with van der Waals surface area (Å²) in [5.41, 5.74) is 0. The topological polar surface area (TPSA) is 15.3 Å². The van der Waals surface area contributed by atoms with Crippen LogP contribution in [0.25, 0.3) is 0 Å². The van der Waals surface area contributed by atoms with E-state index in [2.05, 4.69) is 16.8 Å². The normalized spacial score (nSPS) is 25.7. The molecule has 3 heteroatoms. The summed E-state index contributed by atoms with van der Waals surface area (Å²) in [7, 11) is 2.02. The lowest BCUT2D eigenvalue weighted by atomic mass is 10.1. The van der Waals surface area contributed by atoms with Crippen LogP contribution < -0.4 is 5.32 Å². The number of hydrogen-bond donors (Lipinski definition) is 1. The van der Waals surface area contributed by atoms with Crippen molar-refractivity contribution in [2.24, 2.45) is 0 Å². The first kappa shape index (κ1) is 10.0. The molecule has 0 amide bonds. The van der Waals surface area contributed by atoms with Crippen LogP contribution in [-0.4, -0.2) is 37.6 Å². The third-order valence-electron chi connectivity index (χ3n) is 2.31. The summed E-state index contributed by atoms with van der Waals surface area (Å²) >= 11 is 5.75. The minimum absolute atomic E-state index is 0.634. The first-order valence-corrected chi connectivity index (χ1v) is 4.83. The van der Waals surface area contributed by atoms with Crippen LogP contribution in [0.2, 0.25) is 0 Å². The lowest BCUT2D eigenvalue weighted by Crippen LogP contribution is -2.44. The molecule has 0 radical (unpaired) electrons. The maximum atomic E-state index is 5.75. The average molecular weight is 189 g/mol. The van der Waals surface area contributed by atoms with Crippen molar-refractivity contribution in [3.8, 4) is 0 Å². The molecule has 0 aromatic heterocycles. The molecule has 1 fully saturated rings. The van der Waals surface area contributed by atoms with Gasteiger partial charge in [-0.05, 0) is 26.4 Å². The minimum atomic E-state index is 0.634. The molecule has 1 saturated heterocycles. The van der Waals surface area contributed by atoms with Gasteiger partial charge in [-0.1, -0.05) is 18.2 Å². The number of halogens is 1. The Bertz CT molecular complexity index is 159. The van der Waals surface area contributed by atoms with Gasteiger partial charge < -0.3 is 5.32 Å². The van der Waals surface area contributed by atoms with Gasteiger partial charge in [0.25, 0.3) is 0 Å². The second-order valence-electron chi connectivity index (χ2n) is 3.38. The van der Waals surface area contributed by atoms with Crippen LogP contribution >= 0.6 is 11.6 Å². The first-order valence-electron chi connectivity index (χ1n) is 4.45. The van der Waals surface area contributed by atoms with Crippen molar-refractivity contribution in [1.82, 2.24) is 10.2 Å². The number of nitrogens with one attached hydrogen (secondary N) is 1. The molecular formula is C9H17ClN2. The maximum Gasteiger partial charge on any atom is 0.0336 e. The SMILES string of the molecule is C=C(Cl)CN1CCCC(NC)C1. The van der Waals surface area contributed by atoms with Gasteiger partial charge in [0.1, 0.15) is 0 Å². The molecule has 12 heavy (non-hydrogen) atoms. The van der Waals surface area contributed by atoms with E-state index in [0.29, 0.717) is 6.04 Å². The van der Waals surface area contributed by atoms with Crippen molar-refractivity contribution in [2.75, 3.05) is 26.7 Å². The number of hydrogen-bond acceptors (Lipinski definition) is 2. The molecule has 0 aromatic rings. The minimum Gasteiger partial charge on any atom is -0.316 e. The van der Waals surface area contributed by atoms with Crippen molar-refractivity contribution >= 4 is 11.6 Å². The summed E-state index contributed by atoms with van der Waals surface area (Å²) in [6, 6.07) is 0.634. The Labute approximate surface area is 79.6 Å². The fourth-order valence-corrected chi connectivity index (χ4v) is 1.85. The molecular weight excluding hydrogens is 172 g/mol. The van der Waals surface area contributed by atoms with Crippen LogP contribution in [0.3, 0.4) is 0 Å². The second kappa shape index (κ2) is 4.85. The monoisotopic (exact) mass is 188 g/mol. The van der Waals surface area contributed by atoms with Crippen LogP contribution in [0.4, 0.5) is 0 Å². The van der Waals surface area contributed by atoms with Crippen molar-refractivity contribution in [1.29, 1.82) is 0 Å². The van der Waals surface area contributed by atoms with Gasteiger partial charge in [-0.2, -0.15) is 0 Å². The quantitative estimate of drug-likeness (QED) is 0.721. The number of nitrogens with zero attached hydrogens (tertiary/aromatic N) is 1. The van der Waals surface area contributed by atoms with E-state index < -0.39 is 0 Å². The van der Waals surface area contributed by atoms with E-state index in [4.69, 9.17) is 11.6 Å². The fraction of sp³-hybridized carbons (Fsp3) is 0.778. The second-order valence-corrected chi connectivity index (χ2v) is 3.91. The molecule has 2 nitrogen and oxygen atoms in total. The lowest BCUT2D eigenvalue weighted by molar-refractivity contribution is 0.212. The zero-order valence-electron chi connectivity index (χ0n) is 7.65. The Kier molecular flexibility index (Phi) is 4.06. The Balaban J connectivity index is 2.30. The summed E-state index contributed by atoms with van der Waals surface area (Å²) in [5.74, 6) is 0. The van der Waals surface area contributed by atoms with E-state index >= 15 is 0 Å². The van der Waals surface area contributed by atoms with Gasteiger partial charge >= 0.3 is 0 Å². The molecule has 0 saturated carbocycles. The van der Waals surface area contributed by atoms with E-state index in [1.807, 2.05) is 7.05 Å². The summed E-state index contributed by atoms with van der Waals surface area (Å²) < 4.78 is 0. The summed E-state index contributed by atoms with van der Waals surface area (Å²) in [6.45, 7) is 6.79. The highest BCUT2D eigenvalue weighted by Gasteiger charge is 2.17. The zero-order chi connectivity index (χ0) is 8.97. The van der Waals surface area contributed by atoms with Crippen LogP contribution in [-0.2, 0) is 0 Å². The van der Waals surface area contributed by atoms with Gasteiger partial charge in [0.05, 0.1) is 0 Å². The highest BCUT2D eigenvalue weighted by atomic mass is 35.5.